The van der Waals surface area contributed by atoms with Crippen molar-refractivity contribution in [3.8, 4) is 0 Å². The Morgan fingerprint density at radius 2 is 1.75 bits per heavy atom. The lowest BCUT2D eigenvalue weighted by Crippen LogP contribution is -2.36. The normalized spacial score (nSPS) is 14.8. The highest BCUT2D eigenvalue weighted by molar-refractivity contribution is 4.79. The maximum Gasteiger partial charge on any atom is 0.00876 e. The first kappa shape index (κ1) is 12.0. The van der Waals surface area contributed by atoms with Gasteiger partial charge < -0.3 is 5.73 Å². The molecule has 0 heterocycles. The molecule has 1 atom stereocenters. The number of unbranched alkanes of at least 4 members (excludes halogenated alkanes) is 2. The zero-order valence-electron chi connectivity index (χ0n) is 9.19. The molecule has 0 amide bonds. The summed E-state index contributed by atoms with van der Waals surface area (Å²) in [6.07, 6.45) is 6.35. The summed E-state index contributed by atoms with van der Waals surface area (Å²) < 4.78 is 0. The van der Waals surface area contributed by atoms with E-state index in [9.17, 15) is 0 Å². The van der Waals surface area contributed by atoms with Crippen LogP contribution in [0.1, 0.15) is 59.8 Å². The third-order valence-electron chi connectivity index (χ3n) is 2.87. The van der Waals surface area contributed by atoms with Crippen molar-refractivity contribution >= 4 is 0 Å². The summed E-state index contributed by atoms with van der Waals surface area (Å²) in [6.45, 7) is 8.99. The minimum Gasteiger partial charge on any atom is -0.327 e. The summed E-state index contributed by atoms with van der Waals surface area (Å²) >= 11 is 0. The van der Waals surface area contributed by atoms with Crippen molar-refractivity contribution in [1.82, 2.24) is 0 Å². The Hall–Kier alpha value is -0.0400. The van der Waals surface area contributed by atoms with Crippen LogP contribution in [0, 0.1) is 5.41 Å². The topological polar surface area (TPSA) is 26.0 Å². The molecule has 0 aromatic carbocycles. The molecular weight excluding hydrogens is 146 g/mol. The lowest BCUT2D eigenvalue weighted by molar-refractivity contribution is 0.248. The van der Waals surface area contributed by atoms with Gasteiger partial charge in [0.15, 0.2) is 0 Å². The van der Waals surface area contributed by atoms with Gasteiger partial charge in [0.1, 0.15) is 0 Å². The van der Waals surface area contributed by atoms with E-state index in [2.05, 4.69) is 27.7 Å². The van der Waals surface area contributed by atoms with Crippen molar-refractivity contribution in [2.24, 2.45) is 11.1 Å². The lowest BCUT2D eigenvalue weighted by Gasteiger charge is -2.30. The molecule has 0 aromatic rings. The summed E-state index contributed by atoms with van der Waals surface area (Å²) in [4.78, 5) is 0. The molecule has 0 aromatic heterocycles. The van der Waals surface area contributed by atoms with E-state index in [0.717, 1.165) is 6.42 Å². The minimum atomic E-state index is 0.337. The van der Waals surface area contributed by atoms with E-state index in [0.29, 0.717) is 11.5 Å². The predicted octanol–water partition coefficient (Wildman–Crippen LogP) is 3.33. The highest BCUT2D eigenvalue weighted by Gasteiger charge is 2.23. The average molecular weight is 171 g/mol. The second kappa shape index (κ2) is 5.58. The molecule has 74 valence electrons. The fourth-order valence-electron chi connectivity index (χ4n) is 1.57. The monoisotopic (exact) mass is 171 g/mol. The molecule has 1 nitrogen and oxygen atoms in total. The van der Waals surface area contributed by atoms with Gasteiger partial charge in [0.05, 0.1) is 0 Å². The summed E-state index contributed by atoms with van der Waals surface area (Å²) in [5.74, 6) is 0. The molecule has 1 heteroatoms. The Kier molecular flexibility index (Phi) is 5.56. The molecule has 0 saturated heterocycles. The zero-order chi connectivity index (χ0) is 9.61. The molecule has 0 aliphatic heterocycles. The van der Waals surface area contributed by atoms with Crippen molar-refractivity contribution in [1.29, 1.82) is 0 Å². The molecule has 0 fully saturated rings. The van der Waals surface area contributed by atoms with Crippen LogP contribution in [0.15, 0.2) is 0 Å². The number of nitrogens with two attached hydrogens (primary N) is 1. The molecule has 1 unspecified atom stereocenters. The van der Waals surface area contributed by atoms with Crippen LogP contribution < -0.4 is 5.73 Å². The summed E-state index contributed by atoms with van der Waals surface area (Å²) in [7, 11) is 0. The van der Waals surface area contributed by atoms with Gasteiger partial charge in [0.2, 0.25) is 0 Å². The average Bonchev–Trinajstić information content (AvgIpc) is 2.03. The first-order chi connectivity index (χ1) is 5.54. The van der Waals surface area contributed by atoms with Gasteiger partial charge >= 0.3 is 0 Å². The number of rotatable bonds is 6. The van der Waals surface area contributed by atoms with E-state index in [1.165, 1.54) is 25.7 Å². The first-order valence-electron chi connectivity index (χ1n) is 5.30. The molecule has 0 aliphatic carbocycles. The molecule has 0 aliphatic rings. The van der Waals surface area contributed by atoms with Gasteiger partial charge in [-0.2, -0.15) is 0 Å². The smallest absolute Gasteiger partial charge is 0.00876 e. The molecule has 0 spiro atoms. The van der Waals surface area contributed by atoms with Gasteiger partial charge in [-0.25, -0.2) is 0 Å². The van der Waals surface area contributed by atoms with Gasteiger partial charge in [-0.15, -0.1) is 0 Å². The van der Waals surface area contributed by atoms with E-state index < -0.39 is 0 Å². The molecular formula is C11H25N. The zero-order valence-corrected chi connectivity index (χ0v) is 9.19. The Morgan fingerprint density at radius 3 is 2.17 bits per heavy atom. The van der Waals surface area contributed by atoms with E-state index in [4.69, 9.17) is 5.73 Å². The van der Waals surface area contributed by atoms with Crippen LogP contribution in [-0.2, 0) is 0 Å². The van der Waals surface area contributed by atoms with E-state index in [1.807, 2.05) is 0 Å². The largest absolute Gasteiger partial charge is 0.327 e. The highest BCUT2D eigenvalue weighted by Crippen LogP contribution is 2.28. The van der Waals surface area contributed by atoms with Crippen LogP contribution in [0.5, 0.6) is 0 Å². The summed E-state index contributed by atoms with van der Waals surface area (Å²) in [5, 5.41) is 0. The third kappa shape index (κ3) is 4.10. The molecule has 12 heavy (non-hydrogen) atoms. The predicted molar refractivity (Wildman–Crippen MR) is 56.2 cm³/mol. The van der Waals surface area contributed by atoms with Crippen LogP contribution >= 0.6 is 0 Å². The number of hydrogen-bond donors (Lipinski definition) is 1. The van der Waals surface area contributed by atoms with E-state index in [-0.39, 0.29) is 0 Å². The fraction of sp³-hybridized carbons (Fsp3) is 1.00. The van der Waals surface area contributed by atoms with E-state index >= 15 is 0 Å². The molecule has 0 saturated carbocycles. The summed E-state index contributed by atoms with van der Waals surface area (Å²) in [6, 6.07) is 0.370. The van der Waals surface area contributed by atoms with Gasteiger partial charge in [0.25, 0.3) is 0 Å². The van der Waals surface area contributed by atoms with Gasteiger partial charge in [0, 0.05) is 6.04 Å². The van der Waals surface area contributed by atoms with Crippen LogP contribution in [0.2, 0.25) is 0 Å². The van der Waals surface area contributed by atoms with Crippen molar-refractivity contribution in [3.63, 3.8) is 0 Å². The molecule has 0 radical (unpaired) electrons. The van der Waals surface area contributed by atoms with Gasteiger partial charge in [-0.05, 0) is 18.3 Å². The second-order valence-corrected chi connectivity index (χ2v) is 4.46. The van der Waals surface area contributed by atoms with Crippen molar-refractivity contribution in [2.45, 2.75) is 65.8 Å². The Balaban J connectivity index is 3.70. The Morgan fingerprint density at radius 1 is 1.17 bits per heavy atom. The van der Waals surface area contributed by atoms with Gasteiger partial charge in [-0.3, -0.25) is 0 Å². The van der Waals surface area contributed by atoms with Crippen LogP contribution in [0.4, 0.5) is 0 Å². The Labute approximate surface area is 77.7 Å². The maximum atomic E-state index is 6.03. The Bertz CT molecular complexity index is 108. The van der Waals surface area contributed by atoms with Crippen LogP contribution in [0.3, 0.4) is 0 Å². The first-order valence-corrected chi connectivity index (χ1v) is 5.30. The molecule has 2 N–H and O–H groups in total. The molecule has 0 bridgehead atoms. The van der Waals surface area contributed by atoms with Crippen molar-refractivity contribution in [3.05, 3.63) is 0 Å². The van der Waals surface area contributed by atoms with Gasteiger partial charge in [-0.1, -0.05) is 47.0 Å². The second-order valence-electron chi connectivity index (χ2n) is 4.46. The van der Waals surface area contributed by atoms with Crippen molar-refractivity contribution < 1.29 is 0 Å². The molecule has 0 rings (SSSR count). The third-order valence-corrected chi connectivity index (χ3v) is 2.87. The highest BCUT2D eigenvalue weighted by atomic mass is 14.7. The number of hydrogen-bond acceptors (Lipinski definition) is 1. The van der Waals surface area contributed by atoms with E-state index in [1.54, 1.807) is 0 Å². The van der Waals surface area contributed by atoms with Crippen molar-refractivity contribution in [2.75, 3.05) is 0 Å². The maximum absolute atomic E-state index is 6.03. The van der Waals surface area contributed by atoms with Crippen LogP contribution in [0.25, 0.3) is 0 Å². The fourth-order valence-corrected chi connectivity index (χ4v) is 1.57. The van der Waals surface area contributed by atoms with Crippen LogP contribution in [-0.4, -0.2) is 6.04 Å². The lowest BCUT2D eigenvalue weighted by atomic mass is 9.79. The summed E-state index contributed by atoms with van der Waals surface area (Å²) in [5.41, 5.74) is 6.37. The quantitative estimate of drug-likeness (QED) is 0.609. The minimum absolute atomic E-state index is 0.337. The standard InChI is InChI=1S/C11H25N/c1-5-7-8-9-11(3,4)10(12)6-2/h10H,5-9,12H2,1-4H3. The SMILES string of the molecule is CCCCCC(C)(C)C(N)CC.